The number of carbonyl (C=O) groups is 1. The molecule has 18 heavy (non-hydrogen) atoms. The molecule has 0 saturated carbocycles. The van der Waals surface area contributed by atoms with Gasteiger partial charge in [-0.1, -0.05) is 19.1 Å². The van der Waals surface area contributed by atoms with Crippen molar-refractivity contribution in [2.75, 3.05) is 12.3 Å². The first-order chi connectivity index (χ1) is 8.63. The van der Waals surface area contributed by atoms with Crippen LogP contribution in [-0.4, -0.2) is 28.6 Å². The zero-order valence-corrected chi connectivity index (χ0v) is 10.7. The number of benzene rings is 1. The molecule has 1 aliphatic heterocycles. The number of nitrogens with zero attached hydrogens (tertiary/aromatic N) is 1. The topological polar surface area (TPSA) is 66.6 Å². The van der Waals surface area contributed by atoms with Crippen LogP contribution in [0.1, 0.15) is 42.1 Å². The van der Waals surface area contributed by atoms with E-state index in [1.165, 1.54) is 12.8 Å². The third kappa shape index (κ3) is 2.48. The van der Waals surface area contributed by atoms with Crippen molar-refractivity contribution in [2.24, 2.45) is 0 Å². The van der Waals surface area contributed by atoms with E-state index in [2.05, 4.69) is 11.8 Å². The van der Waals surface area contributed by atoms with Crippen molar-refractivity contribution in [3.8, 4) is 0 Å². The molecule has 1 heterocycles. The predicted octanol–water partition coefficient (Wildman–Crippen LogP) is 2.34. The number of nitrogen functional groups attached to an aromatic ring is 1. The highest BCUT2D eigenvalue weighted by atomic mass is 16.4. The van der Waals surface area contributed by atoms with Crippen LogP contribution in [0.4, 0.5) is 5.69 Å². The highest BCUT2D eigenvalue weighted by Crippen LogP contribution is 2.25. The zero-order chi connectivity index (χ0) is 13.1. The number of aromatic carboxylic acids is 1. The highest BCUT2D eigenvalue weighted by molar-refractivity contribution is 5.95. The van der Waals surface area contributed by atoms with Crippen LogP contribution in [0, 0.1) is 0 Å². The first kappa shape index (κ1) is 12.9. The summed E-state index contributed by atoms with van der Waals surface area (Å²) in [6, 6.07) is 5.92. The molecule has 0 spiro atoms. The van der Waals surface area contributed by atoms with Crippen molar-refractivity contribution in [1.82, 2.24) is 4.90 Å². The summed E-state index contributed by atoms with van der Waals surface area (Å²) in [6.07, 6.45) is 3.52. The van der Waals surface area contributed by atoms with Crippen LogP contribution in [-0.2, 0) is 6.54 Å². The van der Waals surface area contributed by atoms with Crippen LogP contribution in [0.3, 0.4) is 0 Å². The van der Waals surface area contributed by atoms with Gasteiger partial charge >= 0.3 is 5.97 Å². The second-order valence-corrected chi connectivity index (χ2v) is 4.86. The van der Waals surface area contributed by atoms with Crippen LogP contribution in [0.5, 0.6) is 0 Å². The molecule has 1 unspecified atom stereocenters. The molecule has 98 valence electrons. The van der Waals surface area contributed by atoms with Crippen LogP contribution >= 0.6 is 0 Å². The van der Waals surface area contributed by atoms with E-state index in [0.717, 1.165) is 18.5 Å². The largest absolute Gasteiger partial charge is 0.478 e. The Morgan fingerprint density at radius 3 is 3.00 bits per heavy atom. The molecule has 2 rings (SSSR count). The van der Waals surface area contributed by atoms with E-state index in [-0.39, 0.29) is 5.56 Å². The summed E-state index contributed by atoms with van der Waals surface area (Å²) in [4.78, 5) is 13.6. The van der Waals surface area contributed by atoms with Crippen LogP contribution in [0.15, 0.2) is 18.2 Å². The smallest absolute Gasteiger partial charge is 0.338 e. The summed E-state index contributed by atoms with van der Waals surface area (Å²) < 4.78 is 0. The second kappa shape index (κ2) is 5.40. The summed E-state index contributed by atoms with van der Waals surface area (Å²) in [5.41, 5.74) is 7.20. The third-order valence-electron chi connectivity index (χ3n) is 3.74. The van der Waals surface area contributed by atoms with Gasteiger partial charge in [-0.05, 0) is 37.4 Å². The van der Waals surface area contributed by atoms with Gasteiger partial charge in [0.25, 0.3) is 0 Å². The van der Waals surface area contributed by atoms with E-state index < -0.39 is 5.97 Å². The number of carboxylic acids is 1. The molecular weight excluding hydrogens is 228 g/mol. The lowest BCUT2D eigenvalue weighted by Gasteiger charge is -2.24. The Morgan fingerprint density at radius 2 is 2.33 bits per heavy atom. The molecule has 1 saturated heterocycles. The molecule has 1 aromatic rings. The number of carboxylic acid groups (broad SMARTS) is 1. The Bertz CT molecular complexity index is 445. The van der Waals surface area contributed by atoms with Crippen molar-refractivity contribution in [3.63, 3.8) is 0 Å². The molecular formula is C14H20N2O2. The average molecular weight is 248 g/mol. The molecule has 4 heteroatoms. The van der Waals surface area contributed by atoms with E-state index >= 15 is 0 Å². The third-order valence-corrected chi connectivity index (χ3v) is 3.74. The Hall–Kier alpha value is -1.55. The Balaban J connectivity index is 2.23. The van der Waals surface area contributed by atoms with E-state index in [9.17, 15) is 9.90 Å². The number of likely N-dealkylation sites (tertiary alicyclic amines) is 1. The van der Waals surface area contributed by atoms with Gasteiger partial charge in [-0.2, -0.15) is 0 Å². The van der Waals surface area contributed by atoms with Gasteiger partial charge in [-0.25, -0.2) is 4.79 Å². The van der Waals surface area contributed by atoms with Crippen molar-refractivity contribution in [2.45, 2.75) is 38.8 Å². The van der Waals surface area contributed by atoms with E-state index in [1.54, 1.807) is 6.07 Å². The van der Waals surface area contributed by atoms with Gasteiger partial charge in [0.05, 0.1) is 5.56 Å². The fourth-order valence-corrected chi connectivity index (χ4v) is 2.80. The normalized spacial score (nSPS) is 20.2. The first-order valence-electron chi connectivity index (χ1n) is 6.48. The molecule has 0 aromatic heterocycles. The van der Waals surface area contributed by atoms with Crippen LogP contribution in [0.2, 0.25) is 0 Å². The average Bonchev–Trinajstić information content (AvgIpc) is 2.76. The molecule has 1 aromatic carbocycles. The fourth-order valence-electron chi connectivity index (χ4n) is 2.80. The SMILES string of the molecule is CCC1CCCN1Cc1cccc(N)c1C(=O)O. The minimum Gasteiger partial charge on any atom is -0.478 e. The van der Waals surface area contributed by atoms with Gasteiger partial charge in [-0.15, -0.1) is 0 Å². The Morgan fingerprint density at radius 1 is 1.56 bits per heavy atom. The minimum atomic E-state index is -0.935. The first-order valence-corrected chi connectivity index (χ1v) is 6.48. The quantitative estimate of drug-likeness (QED) is 0.803. The van der Waals surface area contributed by atoms with Gasteiger partial charge < -0.3 is 10.8 Å². The summed E-state index contributed by atoms with van der Waals surface area (Å²) in [6.45, 7) is 3.91. The van der Waals surface area contributed by atoms with E-state index in [1.807, 2.05) is 12.1 Å². The number of anilines is 1. The minimum absolute atomic E-state index is 0.263. The number of hydrogen-bond acceptors (Lipinski definition) is 3. The van der Waals surface area contributed by atoms with Gasteiger partial charge in [0.1, 0.15) is 0 Å². The zero-order valence-electron chi connectivity index (χ0n) is 10.7. The van der Waals surface area contributed by atoms with Gasteiger partial charge in [0, 0.05) is 18.3 Å². The maximum Gasteiger partial charge on any atom is 0.338 e. The molecule has 0 aliphatic carbocycles. The molecule has 1 fully saturated rings. The highest BCUT2D eigenvalue weighted by Gasteiger charge is 2.24. The number of rotatable bonds is 4. The molecule has 0 radical (unpaired) electrons. The number of hydrogen-bond donors (Lipinski definition) is 2. The summed E-state index contributed by atoms with van der Waals surface area (Å²) in [5.74, 6) is -0.935. The molecule has 1 aliphatic rings. The van der Waals surface area contributed by atoms with Crippen molar-refractivity contribution in [1.29, 1.82) is 0 Å². The van der Waals surface area contributed by atoms with Gasteiger partial charge in [0.15, 0.2) is 0 Å². The Labute approximate surface area is 107 Å². The molecule has 3 N–H and O–H groups in total. The summed E-state index contributed by atoms with van der Waals surface area (Å²) >= 11 is 0. The monoisotopic (exact) mass is 248 g/mol. The second-order valence-electron chi connectivity index (χ2n) is 4.86. The van der Waals surface area contributed by atoms with E-state index in [0.29, 0.717) is 18.3 Å². The predicted molar refractivity (Wildman–Crippen MR) is 71.5 cm³/mol. The maximum atomic E-state index is 11.3. The standard InChI is InChI=1S/C14H20N2O2/c1-2-11-6-4-8-16(11)9-10-5-3-7-12(15)13(10)14(17)18/h3,5,7,11H,2,4,6,8-9,15H2,1H3,(H,17,18). The van der Waals surface area contributed by atoms with Crippen molar-refractivity contribution >= 4 is 11.7 Å². The van der Waals surface area contributed by atoms with Crippen molar-refractivity contribution in [3.05, 3.63) is 29.3 Å². The molecule has 0 bridgehead atoms. The van der Waals surface area contributed by atoms with Crippen LogP contribution < -0.4 is 5.73 Å². The summed E-state index contributed by atoms with van der Waals surface area (Å²) in [5, 5.41) is 9.24. The van der Waals surface area contributed by atoms with E-state index in [4.69, 9.17) is 5.73 Å². The van der Waals surface area contributed by atoms with Gasteiger partial charge in [-0.3, -0.25) is 4.90 Å². The fraction of sp³-hybridized carbons (Fsp3) is 0.500. The lowest BCUT2D eigenvalue weighted by Crippen LogP contribution is -2.29. The number of nitrogens with two attached hydrogens (primary N) is 1. The lowest BCUT2D eigenvalue weighted by molar-refractivity contribution is 0.0695. The van der Waals surface area contributed by atoms with Crippen LogP contribution in [0.25, 0.3) is 0 Å². The molecule has 1 atom stereocenters. The lowest BCUT2D eigenvalue weighted by atomic mass is 10.0. The van der Waals surface area contributed by atoms with Crippen molar-refractivity contribution < 1.29 is 9.90 Å². The van der Waals surface area contributed by atoms with Gasteiger partial charge in [0.2, 0.25) is 0 Å². The maximum absolute atomic E-state index is 11.3. The molecule has 4 nitrogen and oxygen atoms in total. The summed E-state index contributed by atoms with van der Waals surface area (Å²) in [7, 11) is 0. The Kier molecular flexibility index (Phi) is 3.87. The molecule has 0 amide bonds.